The van der Waals surface area contributed by atoms with Gasteiger partial charge in [-0.05, 0) is 5.56 Å². The predicted molar refractivity (Wildman–Crippen MR) is 81.2 cm³/mol. The third-order valence-corrected chi connectivity index (χ3v) is 2.85. The Bertz CT molecular complexity index is 461. The highest BCUT2D eigenvalue weighted by Gasteiger charge is 2.12. The molecule has 7 heteroatoms. The molecule has 0 spiro atoms. The number of benzene rings is 1. The molecule has 0 aliphatic heterocycles. The summed E-state index contributed by atoms with van der Waals surface area (Å²) in [6.45, 7) is 0.932. The van der Waals surface area contributed by atoms with E-state index in [1.807, 2.05) is 30.3 Å². The zero-order valence-corrected chi connectivity index (χ0v) is 12.8. The van der Waals surface area contributed by atoms with Crippen molar-refractivity contribution in [1.29, 1.82) is 0 Å². The maximum absolute atomic E-state index is 10.5. The minimum Gasteiger partial charge on any atom is -0.481 e. The van der Waals surface area contributed by atoms with E-state index >= 15 is 0 Å². The molecule has 0 aliphatic carbocycles. The largest absolute Gasteiger partial charge is 0.481 e. The lowest BCUT2D eigenvalue weighted by atomic mass is 10.2. The number of hydrogen-bond donors (Lipinski definition) is 2. The van der Waals surface area contributed by atoms with Crippen molar-refractivity contribution >= 4 is 11.9 Å². The lowest BCUT2D eigenvalue weighted by Gasteiger charge is -2.18. The number of hydrogen-bond acceptors (Lipinski definition) is 5. The molecule has 1 unspecified atom stereocenters. The van der Waals surface area contributed by atoms with E-state index in [1.54, 1.807) is 0 Å². The van der Waals surface area contributed by atoms with Crippen molar-refractivity contribution in [3.63, 3.8) is 0 Å². The zero-order chi connectivity index (χ0) is 16.9. The van der Waals surface area contributed by atoms with Gasteiger partial charge in [-0.3, -0.25) is 9.59 Å². The average molecular weight is 326 g/mol. The van der Waals surface area contributed by atoms with Crippen LogP contribution in [-0.4, -0.2) is 54.7 Å². The van der Waals surface area contributed by atoms with Gasteiger partial charge in [-0.1, -0.05) is 30.3 Å². The van der Waals surface area contributed by atoms with E-state index in [2.05, 4.69) is 0 Å². The summed E-state index contributed by atoms with van der Waals surface area (Å²) in [5.41, 5.74) is 1.02. The number of ether oxygens (including phenoxy) is 3. The molecule has 2 N–H and O–H groups in total. The molecular formula is C16H22O7. The first-order valence-corrected chi connectivity index (χ1v) is 7.32. The Kier molecular flexibility index (Phi) is 9.62. The molecule has 0 fully saturated rings. The number of aliphatic carboxylic acids is 2. The van der Waals surface area contributed by atoms with Crippen LogP contribution in [0.1, 0.15) is 18.4 Å². The number of carbonyl (C=O) groups is 2. The zero-order valence-electron chi connectivity index (χ0n) is 12.8. The summed E-state index contributed by atoms with van der Waals surface area (Å²) in [5.74, 6) is -1.88. The Balaban J connectivity index is 2.30. The quantitative estimate of drug-likeness (QED) is 0.530. The molecule has 7 nitrogen and oxygen atoms in total. The van der Waals surface area contributed by atoms with Gasteiger partial charge in [0.15, 0.2) is 0 Å². The first-order valence-electron chi connectivity index (χ1n) is 7.32. The van der Waals surface area contributed by atoms with E-state index in [4.69, 9.17) is 24.4 Å². The van der Waals surface area contributed by atoms with Gasteiger partial charge in [0.2, 0.25) is 0 Å². The molecular weight excluding hydrogens is 304 g/mol. The molecule has 0 saturated carbocycles. The van der Waals surface area contributed by atoms with Gasteiger partial charge in [0.05, 0.1) is 45.9 Å². The van der Waals surface area contributed by atoms with Gasteiger partial charge in [-0.25, -0.2) is 0 Å². The first kappa shape index (κ1) is 19.1. The molecule has 128 valence electrons. The fraction of sp³-hybridized carbons (Fsp3) is 0.500. The topological polar surface area (TPSA) is 102 Å². The molecule has 0 saturated heterocycles. The van der Waals surface area contributed by atoms with E-state index in [0.29, 0.717) is 6.61 Å². The van der Waals surface area contributed by atoms with Crippen LogP contribution in [-0.2, 0) is 30.4 Å². The van der Waals surface area contributed by atoms with E-state index in [0.717, 1.165) is 5.56 Å². The van der Waals surface area contributed by atoms with Crippen LogP contribution in [0.4, 0.5) is 0 Å². The average Bonchev–Trinajstić information content (AvgIpc) is 2.51. The van der Waals surface area contributed by atoms with Crippen molar-refractivity contribution in [2.45, 2.75) is 25.6 Å². The van der Waals surface area contributed by atoms with E-state index in [-0.39, 0.29) is 39.3 Å². The molecule has 0 radical (unpaired) electrons. The van der Waals surface area contributed by atoms with Gasteiger partial charge >= 0.3 is 11.9 Å². The molecule has 23 heavy (non-hydrogen) atoms. The molecule has 0 aliphatic rings. The summed E-state index contributed by atoms with van der Waals surface area (Å²) >= 11 is 0. The number of carboxylic acids is 2. The Hall–Kier alpha value is -1.96. The Morgan fingerprint density at radius 1 is 0.913 bits per heavy atom. The standard InChI is InChI=1S/C16H22O7/c17-15(18)6-8-21-11-14(23-9-7-16(19)20)12-22-10-13-4-2-1-3-5-13/h1-5,14H,6-12H2,(H,17,18)(H,19,20). The lowest BCUT2D eigenvalue weighted by Crippen LogP contribution is -2.27. The van der Waals surface area contributed by atoms with Crippen LogP contribution in [0, 0.1) is 0 Å². The third-order valence-electron chi connectivity index (χ3n) is 2.85. The Morgan fingerprint density at radius 2 is 1.52 bits per heavy atom. The second kappa shape index (κ2) is 11.6. The second-order valence-electron chi connectivity index (χ2n) is 4.86. The molecule has 0 amide bonds. The fourth-order valence-electron chi connectivity index (χ4n) is 1.71. The van der Waals surface area contributed by atoms with Gasteiger partial charge in [0.1, 0.15) is 6.10 Å². The Morgan fingerprint density at radius 3 is 2.17 bits per heavy atom. The number of rotatable bonds is 13. The van der Waals surface area contributed by atoms with Crippen molar-refractivity contribution in [3.05, 3.63) is 35.9 Å². The number of carboxylic acid groups (broad SMARTS) is 2. The van der Waals surface area contributed by atoms with Crippen LogP contribution in [0.3, 0.4) is 0 Å². The van der Waals surface area contributed by atoms with Gasteiger partial charge in [0, 0.05) is 0 Å². The van der Waals surface area contributed by atoms with Crippen LogP contribution >= 0.6 is 0 Å². The van der Waals surface area contributed by atoms with Gasteiger partial charge < -0.3 is 24.4 Å². The summed E-state index contributed by atoms with van der Waals surface area (Å²) < 4.78 is 16.2. The molecule has 0 bridgehead atoms. The predicted octanol–water partition coefficient (Wildman–Crippen LogP) is 1.55. The van der Waals surface area contributed by atoms with Crippen molar-refractivity contribution < 1.29 is 34.0 Å². The highest BCUT2D eigenvalue weighted by Crippen LogP contribution is 2.03. The monoisotopic (exact) mass is 326 g/mol. The summed E-state index contributed by atoms with van der Waals surface area (Å²) in [6, 6.07) is 9.61. The summed E-state index contributed by atoms with van der Waals surface area (Å²) in [6.07, 6.45) is -0.635. The van der Waals surface area contributed by atoms with E-state index in [9.17, 15) is 9.59 Å². The molecule has 1 aromatic rings. The second-order valence-corrected chi connectivity index (χ2v) is 4.86. The summed E-state index contributed by atoms with van der Waals surface area (Å²) in [7, 11) is 0. The summed E-state index contributed by atoms with van der Waals surface area (Å²) in [5, 5.41) is 17.2. The molecule has 0 aromatic heterocycles. The van der Waals surface area contributed by atoms with Gasteiger partial charge in [-0.2, -0.15) is 0 Å². The van der Waals surface area contributed by atoms with E-state index in [1.165, 1.54) is 0 Å². The first-order chi connectivity index (χ1) is 11.1. The van der Waals surface area contributed by atoms with Crippen LogP contribution in [0.25, 0.3) is 0 Å². The third kappa shape index (κ3) is 10.4. The summed E-state index contributed by atoms with van der Waals surface area (Å²) in [4.78, 5) is 20.9. The molecule has 1 atom stereocenters. The van der Waals surface area contributed by atoms with Crippen LogP contribution < -0.4 is 0 Å². The highest BCUT2D eigenvalue weighted by atomic mass is 16.6. The van der Waals surface area contributed by atoms with Crippen molar-refractivity contribution in [1.82, 2.24) is 0 Å². The SMILES string of the molecule is O=C(O)CCOCC(COCc1ccccc1)OCCC(=O)O. The minimum atomic E-state index is -0.944. The van der Waals surface area contributed by atoms with Crippen LogP contribution in [0.5, 0.6) is 0 Å². The minimum absolute atomic E-state index is 0.0526. The van der Waals surface area contributed by atoms with Crippen LogP contribution in [0.2, 0.25) is 0 Å². The molecule has 1 rings (SSSR count). The van der Waals surface area contributed by atoms with Gasteiger partial charge in [-0.15, -0.1) is 0 Å². The molecule has 0 heterocycles. The van der Waals surface area contributed by atoms with E-state index < -0.39 is 18.0 Å². The van der Waals surface area contributed by atoms with Crippen molar-refractivity contribution in [2.24, 2.45) is 0 Å². The van der Waals surface area contributed by atoms with Crippen molar-refractivity contribution in [3.8, 4) is 0 Å². The Labute approximate surface area is 134 Å². The van der Waals surface area contributed by atoms with Crippen LogP contribution in [0.15, 0.2) is 30.3 Å². The highest BCUT2D eigenvalue weighted by molar-refractivity contribution is 5.67. The smallest absolute Gasteiger partial charge is 0.305 e. The molecule has 1 aromatic carbocycles. The lowest BCUT2D eigenvalue weighted by molar-refractivity contribution is -0.141. The normalized spacial score (nSPS) is 12.0. The van der Waals surface area contributed by atoms with Gasteiger partial charge in [0.25, 0.3) is 0 Å². The van der Waals surface area contributed by atoms with Crippen molar-refractivity contribution in [2.75, 3.05) is 26.4 Å². The maximum atomic E-state index is 10.5. The maximum Gasteiger partial charge on any atom is 0.305 e. The fourth-order valence-corrected chi connectivity index (χ4v) is 1.71.